The molecule has 4 N–H and O–H groups in total. The highest BCUT2D eigenvalue weighted by molar-refractivity contribution is 7.92. The molecule has 0 radical (unpaired) electrons. The van der Waals surface area contributed by atoms with E-state index in [2.05, 4.69) is 30.3 Å². The number of hydrogen-bond donors (Lipinski definition) is 4. The van der Waals surface area contributed by atoms with Crippen molar-refractivity contribution in [2.45, 2.75) is 40.2 Å². The van der Waals surface area contributed by atoms with Crippen molar-refractivity contribution in [3.05, 3.63) is 48.6 Å². The smallest absolute Gasteiger partial charge is 0.251 e. The fraction of sp³-hybridized carbons (Fsp3) is 0.455. The summed E-state index contributed by atoms with van der Waals surface area (Å²) >= 11 is 0. The number of benzene rings is 1. The van der Waals surface area contributed by atoms with Crippen LogP contribution >= 0.6 is 0 Å². The highest BCUT2D eigenvalue weighted by Crippen LogP contribution is 2.35. The van der Waals surface area contributed by atoms with Gasteiger partial charge in [-0.05, 0) is 31.2 Å². The van der Waals surface area contributed by atoms with Gasteiger partial charge in [0.15, 0.2) is 9.84 Å². The Morgan fingerprint density at radius 3 is 2.13 bits per heavy atom. The number of hydrogen-bond acceptors (Lipinski definition) is 6. The number of hydroxylamine groups is 1. The monoisotopic (exact) mass is 454 g/mol. The second-order valence-electron chi connectivity index (χ2n) is 6.48. The molecule has 174 valence electrons. The maximum atomic E-state index is 12.2. The van der Waals surface area contributed by atoms with Gasteiger partial charge < -0.3 is 10.4 Å². The molecule has 1 atom stereocenters. The Hall–Kier alpha value is -2.67. The summed E-state index contributed by atoms with van der Waals surface area (Å²) in [6.45, 7) is 13.7. The zero-order valence-electron chi connectivity index (χ0n) is 18.6. The van der Waals surface area contributed by atoms with Crippen LogP contribution in [0.1, 0.15) is 50.0 Å². The van der Waals surface area contributed by atoms with E-state index in [4.69, 9.17) is 15.1 Å². The van der Waals surface area contributed by atoms with Gasteiger partial charge in [0.25, 0.3) is 5.91 Å². The largest absolute Gasteiger partial charge is 0.395 e. The first kappa shape index (κ1) is 30.5. The first-order valence-electron chi connectivity index (χ1n) is 9.72. The summed E-state index contributed by atoms with van der Waals surface area (Å²) < 4.78 is 22.7. The van der Waals surface area contributed by atoms with E-state index in [0.29, 0.717) is 12.0 Å². The second-order valence-corrected chi connectivity index (χ2v) is 8.55. The number of carbonyl (C=O) groups is 2. The number of carbonyl (C=O) groups excluding carboxylic acids is 2. The van der Waals surface area contributed by atoms with Crippen molar-refractivity contribution in [3.63, 3.8) is 0 Å². The van der Waals surface area contributed by atoms with Gasteiger partial charge in [-0.1, -0.05) is 32.6 Å². The van der Waals surface area contributed by atoms with Crippen LogP contribution in [0, 0.1) is 17.3 Å². The highest BCUT2D eigenvalue weighted by Gasteiger charge is 2.48. The molecule has 2 rings (SSSR count). The van der Waals surface area contributed by atoms with E-state index in [1.165, 1.54) is 5.48 Å². The molecular weight excluding hydrogens is 420 g/mol. The lowest BCUT2D eigenvalue weighted by Gasteiger charge is -2.42. The minimum Gasteiger partial charge on any atom is -0.395 e. The van der Waals surface area contributed by atoms with Crippen molar-refractivity contribution in [3.8, 4) is 11.8 Å². The van der Waals surface area contributed by atoms with Crippen LogP contribution in [0.4, 0.5) is 0 Å². The summed E-state index contributed by atoms with van der Waals surface area (Å²) in [6, 6.07) is 6.65. The fourth-order valence-electron chi connectivity index (χ4n) is 2.59. The molecule has 1 aromatic rings. The first-order valence-corrected chi connectivity index (χ1v) is 11.5. The standard InChI is InChI=1S/C17H21NO4S.C2H6.C2H4.CH3NO2/c1-13(17(2)11-23(21,22)12-17)18-16(20)15-8-6-14(7-9-15)5-3-4-10-19;2*1-2;3-1-2-4/h6-9,13,19H,4,10-12H2,1-2H3,(H,18,20);1-2H3;1-2H2;1,4H,(H,2,3). The Balaban J connectivity index is 0. The Kier molecular flexibility index (Phi) is 15.8. The van der Waals surface area contributed by atoms with Crippen LogP contribution in [0.3, 0.4) is 0 Å². The third-order valence-electron chi connectivity index (χ3n) is 4.16. The molecule has 0 bridgehead atoms. The molecule has 1 aliphatic heterocycles. The van der Waals surface area contributed by atoms with Crippen LogP contribution in [0.15, 0.2) is 37.4 Å². The first-order chi connectivity index (χ1) is 14.7. The van der Waals surface area contributed by atoms with Crippen LogP contribution in [-0.4, -0.2) is 55.2 Å². The van der Waals surface area contributed by atoms with E-state index in [0.717, 1.165) is 5.56 Å². The molecule has 0 aromatic heterocycles. The summed E-state index contributed by atoms with van der Waals surface area (Å²) in [5.41, 5.74) is 2.14. The van der Waals surface area contributed by atoms with Crippen molar-refractivity contribution in [1.82, 2.24) is 10.8 Å². The summed E-state index contributed by atoms with van der Waals surface area (Å²) in [6.07, 6.45) is 0.598. The number of sulfone groups is 1. The van der Waals surface area contributed by atoms with E-state index >= 15 is 0 Å². The average Bonchev–Trinajstić information content (AvgIpc) is 2.76. The van der Waals surface area contributed by atoms with Gasteiger partial charge >= 0.3 is 0 Å². The Bertz CT molecular complexity index is 814. The molecule has 1 aromatic carbocycles. The number of nitrogens with one attached hydrogen (secondary N) is 2. The van der Waals surface area contributed by atoms with Crippen molar-refractivity contribution in [2.24, 2.45) is 5.41 Å². The molecule has 1 heterocycles. The van der Waals surface area contributed by atoms with Gasteiger partial charge in [-0.25, -0.2) is 13.9 Å². The SMILES string of the molecule is C=C.CC.CC(NC(=O)c1ccc(C#CCCO)cc1)C1(C)CS(=O)(=O)C1.O=CNO. The minimum atomic E-state index is -2.94. The Morgan fingerprint density at radius 2 is 1.74 bits per heavy atom. The fourth-order valence-corrected chi connectivity index (χ4v) is 5.02. The molecule has 0 aliphatic carbocycles. The van der Waals surface area contributed by atoms with Crippen molar-refractivity contribution in [1.29, 1.82) is 0 Å². The van der Waals surface area contributed by atoms with Gasteiger partial charge in [-0.15, -0.1) is 13.2 Å². The van der Waals surface area contributed by atoms with Crippen LogP contribution in [0.5, 0.6) is 0 Å². The molecule has 8 nitrogen and oxygen atoms in total. The Morgan fingerprint density at radius 1 is 1.26 bits per heavy atom. The molecule has 0 spiro atoms. The van der Waals surface area contributed by atoms with Crippen LogP contribution in [-0.2, 0) is 14.6 Å². The lowest BCUT2D eigenvalue weighted by molar-refractivity contribution is -0.116. The van der Waals surface area contributed by atoms with Gasteiger partial charge in [0.05, 0.1) is 18.1 Å². The number of rotatable bonds is 5. The van der Waals surface area contributed by atoms with Gasteiger partial charge in [0, 0.05) is 29.0 Å². The molecule has 1 fully saturated rings. The van der Waals surface area contributed by atoms with Gasteiger partial charge in [0.1, 0.15) is 0 Å². The Labute approximate surface area is 185 Å². The summed E-state index contributed by atoms with van der Waals surface area (Å²) in [7, 11) is -2.94. The van der Waals surface area contributed by atoms with Crippen LogP contribution in [0.2, 0.25) is 0 Å². The molecular formula is C22H34N2O6S. The van der Waals surface area contributed by atoms with E-state index in [-0.39, 0.29) is 36.5 Å². The average molecular weight is 455 g/mol. The topological polar surface area (TPSA) is 133 Å². The van der Waals surface area contributed by atoms with Gasteiger partial charge in [-0.3, -0.25) is 14.8 Å². The lowest BCUT2D eigenvalue weighted by Crippen LogP contribution is -2.58. The zero-order chi connectivity index (χ0) is 24.5. The summed E-state index contributed by atoms with van der Waals surface area (Å²) in [5.74, 6) is 5.71. The van der Waals surface area contributed by atoms with Crippen LogP contribution < -0.4 is 10.8 Å². The van der Waals surface area contributed by atoms with Crippen molar-refractivity contribution >= 4 is 22.2 Å². The van der Waals surface area contributed by atoms with E-state index in [9.17, 15) is 13.2 Å². The van der Waals surface area contributed by atoms with E-state index in [1.807, 2.05) is 27.7 Å². The highest BCUT2D eigenvalue weighted by atomic mass is 32.2. The normalized spacial score (nSPS) is 15.0. The predicted octanol–water partition coefficient (Wildman–Crippen LogP) is 1.92. The molecule has 1 aliphatic rings. The molecule has 0 saturated carbocycles. The molecule has 31 heavy (non-hydrogen) atoms. The zero-order valence-corrected chi connectivity index (χ0v) is 19.5. The predicted molar refractivity (Wildman–Crippen MR) is 122 cm³/mol. The lowest BCUT2D eigenvalue weighted by atomic mass is 9.86. The summed E-state index contributed by atoms with van der Waals surface area (Å²) in [4.78, 5) is 21.1. The van der Waals surface area contributed by atoms with E-state index < -0.39 is 15.3 Å². The molecule has 2 amide bonds. The van der Waals surface area contributed by atoms with E-state index in [1.54, 1.807) is 24.3 Å². The summed E-state index contributed by atoms with van der Waals surface area (Å²) in [5, 5.41) is 18.8. The number of amides is 2. The molecule has 1 unspecified atom stereocenters. The van der Waals surface area contributed by atoms with Crippen molar-refractivity contribution in [2.75, 3.05) is 18.1 Å². The van der Waals surface area contributed by atoms with Gasteiger partial charge in [0.2, 0.25) is 6.41 Å². The molecule has 9 heteroatoms. The third kappa shape index (κ3) is 11.3. The number of aliphatic hydroxyl groups excluding tert-OH is 1. The van der Waals surface area contributed by atoms with Crippen molar-refractivity contribution < 1.29 is 28.3 Å². The maximum absolute atomic E-state index is 12.2. The maximum Gasteiger partial charge on any atom is 0.251 e. The van der Waals surface area contributed by atoms with Crippen LogP contribution in [0.25, 0.3) is 0 Å². The minimum absolute atomic E-state index is 0.0276. The molecule has 1 saturated heterocycles. The quantitative estimate of drug-likeness (QED) is 0.177. The third-order valence-corrected chi connectivity index (χ3v) is 6.36. The van der Waals surface area contributed by atoms with Gasteiger partial charge in [-0.2, -0.15) is 0 Å². The second kappa shape index (κ2) is 16.1. The number of aliphatic hydroxyl groups is 1.